The van der Waals surface area contributed by atoms with Crippen LogP contribution in [0.3, 0.4) is 0 Å². The molecule has 24 heavy (non-hydrogen) atoms. The third-order valence-corrected chi connectivity index (χ3v) is 5.62. The van der Waals surface area contributed by atoms with Crippen LogP contribution in [0.5, 0.6) is 0 Å². The molecule has 0 aliphatic carbocycles. The highest BCUT2D eigenvalue weighted by Crippen LogP contribution is 2.21. The van der Waals surface area contributed by atoms with Gasteiger partial charge in [-0.1, -0.05) is 24.6 Å². The van der Waals surface area contributed by atoms with Gasteiger partial charge in [0, 0.05) is 42.3 Å². The van der Waals surface area contributed by atoms with Gasteiger partial charge in [-0.2, -0.15) is 0 Å². The van der Waals surface area contributed by atoms with E-state index in [1.165, 1.54) is 32.4 Å². The second kappa shape index (κ2) is 6.98. The highest BCUT2D eigenvalue weighted by Gasteiger charge is 2.27. The van der Waals surface area contributed by atoms with Crippen LogP contribution in [0.4, 0.5) is 0 Å². The molecular weight excluding hydrogens is 298 g/mol. The molecule has 2 fully saturated rings. The Morgan fingerprint density at radius 2 is 1.79 bits per heavy atom. The number of amides is 1. The minimum absolute atomic E-state index is 0.238. The maximum atomic E-state index is 12.7. The summed E-state index contributed by atoms with van der Waals surface area (Å²) < 4.78 is 2.02. The second-order valence-electron chi connectivity index (χ2n) is 7.13. The molecule has 0 saturated carbocycles. The minimum Gasteiger partial charge on any atom is -0.341 e. The van der Waals surface area contributed by atoms with Gasteiger partial charge in [-0.05, 0) is 44.8 Å². The molecule has 4 rings (SSSR count). The normalized spacial score (nSPS) is 20.6. The summed E-state index contributed by atoms with van der Waals surface area (Å²) in [7, 11) is 0. The largest absolute Gasteiger partial charge is 0.341 e. The van der Waals surface area contributed by atoms with E-state index in [9.17, 15) is 4.79 Å². The Kier molecular flexibility index (Phi) is 4.56. The molecule has 4 heteroatoms. The smallest absolute Gasteiger partial charge is 0.242 e. The van der Waals surface area contributed by atoms with E-state index >= 15 is 0 Å². The van der Waals surface area contributed by atoms with Crippen molar-refractivity contribution in [3.05, 3.63) is 36.5 Å². The van der Waals surface area contributed by atoms with Crippen LogP contribution in [0.25, 0.3) is 10.9 Å². The summed E-state index contributed by atoms with van der Waals surface area (Å²) >= 11 is 0. The van der Waals surface area contributed by atoms with Gasteiger partial charge in [0.05, 0.1) is 0 Å². The Labute approximate surface area is 144 Å². The molecule has 0 N–H and O–H groups in total. The lowest BCUT2D eigenvalue weighted by Gasteiger charge is -2.40. The highest BCUT2D eigenvalue weighted by atomic mass is 16.2. The number of rotatable bonds is 3. The second-order valence-corrected chi connectivity index (χ2v) is 7.13. The molecule has 2 aromatic rings. The van der Waals surface area contributed by atoms with Crippen molar-refractivity contribution in [3.63, 3.8) is 0 Å². The third kappa shape index (κ3) is 3.20. The van der Waals surface area contributed by atoms with Crippen molar-refractivity contribution >= 4 is 16.8 Å². The maximum Gasteiger partial charge on any atom is 0.242 e. The summed E-state index contributed by atoms with van der Waals surface area (Å²) in [5.74, 6) is 0.238. The molecule has 1 radical (unpaired) electrons. The van der Waals surface area contributed by atoms with Gasteiger partial charge in [-0.25, -0.2) is 0 Å². The Morgan fingerprint density at radius 1 is 1.04 bits per heavy atom. The molecule has 0 atom stereocenters. The highest BCUT2D eigenvalue weighted by molar-refractivity contribution is 5.82. The molecule has 1 amide bonds. The van der Waals surface area contributed by atoms with Gasteiger partial charge in [0.2, 0.25) is 5.91 Å². The molecule has 4 nitrogen and oxygen atoms in total. The van der Waals surface area contributed by atoms with Crippen molar-refractivity contribution in [2.24, 2.45) is 0 Å². The van der Waals surface area contributed by atoms with Gasteiger partial charge in [0.15, 0.2) is 0 Å². The predicted molar refractivity (Wildman–Crippen MR) is 95.8 cm³/mol. The standard InChI is InChI=1S/C20H26N3O/c24-20(16-23-13-8-17-6-2-3-7-19(17)23)22-14-9-18(10-15-22)21-11-4-1-5-12-21/h2-3,6-7,13,18H,1,4-5,9-12,14-16H2. The fourth-order valence-corrected chi connectivity index (χ4v) is 4.20. The molecule has 2 saturated heterocycles. The molecule has 0 unspecified atom stereocenters. The zero-order valence-electron chi connectivity index (χ0n) is 14.3. The summed E-state index contributed by atoms with van der Waals surface area (Å²) in [4.78, 5) is 17.4. The summed E-state index contributed by atoms with van der Waals surface area (Å²) in [5.41, 5.74) is 1.09. The van der Waals surface area contributed by atoms with Gasteiger partial charge < -0.3 is 14.4 Å². The molecular formula is C20H26N3O. The van der Waals surface area contributed by atoms with Gasteiger partial charge in [-0.15, -0.1) is 0 Å². The molecule has 127 valence electrons. The number of aromatic nitrogens is 1. The number of para-hydroxylation sites is 1. The molecule has 0 bridgehead atoms. The van der Waals surface area contributed by atoms with Crippen molar-refractivity contribution in [1.29, 1.82) is 0 Å². The maximum absolute atomic E-state index is 12.7. The summed E-state index contributed by atoms with van der Waals surface area (Å²) in [6, 6.07) is 12.0. The minimum atomic E-state index is 0.238. The van der Waals surface area contributed by atoms with E-state index in [1.54, 1.807) is 0 Å². The number of hydrogen-bond acceptors (Lipinski definition) is 2. The van der Waals surface area contributed by atoms with Crippen LogP contribution in [0, 0.1) is 6.07 Å². The lowest BCUT2D eigenvalue weighted by Crippen LogP contribution is -2.48. The van der Waals surface area contributed by atoms with Crippen molar-refractivity contribution in [2.75, 3.05) is 26.2 Å². The Balaban J connectivity index is 1.34. The summed E-state index contributed by atoms with van der Waals surface area (Å²) in [5, 5.41) is 1.08. The van der Waals surface area contributed by atoms with E-state index in [1.807, 2.05) is 29.0 Å². The lowest BCUT2D eigenvalue weighted by molar-refractivity contribution is -0.133. The van der Waals surface area contributed by atoms with Crippen LogP contribution in [-0.4, -0.2) is 52.5 Å². The molecule has 2 aliphatic heterocycles. The van der Waals surface area contributed by atoms with Crippen LogP contribution in [0.15, 0.2) is 30.5 Å². The van der Waals surface area contributed by atoms with Crippen LogP contribution in [0.2, 0.25) is 0 Å². The Morgan fingerprint density at radius 3 is 2.58 bits per heavy atom. The first-order chi connectivity index (χ1) is 11.8. The van der Waals surface area contributed by atoms with E-state index < -0.39 is 0 Å². The average molecular weight is 324 g/mol. The third-order valence-electron chi connectivity index (χ3n) is 5.62. The van der Waals surface area contributed by atoms with Crippen LogP contribution < -0.4 is 0 Å². The SMILES string of the molecule is O=C(Cn1c[c]c2ccccc21)N1CCC(N2CCCCC2)CC1. The van der Waals surface area contributed by atoms with Crippen molar-refractivity contribution in [3.8, 4) is 0 Å². The first-order valence-corrected chi connectivity index (χ1v) is 9.28. The number of piperidine rings is 2. The topological polar surface area (TPSA) is 28.5 Å². The van der Waals surface area contributed by atoms with Crippen LogP contribution in [-0.2, 0) is 11.3 Å². The van der Waals surface area contributed by atoms with E-state index in [2.05, 4.69) is 21.9 Å². The number of likely N-dealkylation sites (tertiary alicyclic amines) is 2. The quantitative estimate of drug-likeness (QED) is 0.868. The molecule has 1 aromatic heterocycles. The molecule has 0 spiro atoms. The van der Waals surface area contributed by atoms with Gasteiger partial charge in [0.25, 0.3) is 0 Å². The first kappa shape index (κ1) is 15.7. The number of hydrogen-bond donors (Lipinski definition) is 0. The summed E-state index contributed by atoms with van der Waals surface area (Å²) in [6.45, 7) is 4.75. The molecule has 1 aromatic carbocycles. The number of fused-ring (bicyclic) bond motifs is 1. The van der Waals surface area contributed by atoms with Crippen molar-refractivity contribution in [1.82, 2.24) is 14.4 Å². The zero-order chi connectivity index (χ0) is 16.4. The van der Waals surface area contributed by atoms with Crippen LogP contribution >= 0.6 is 0 Å². The summed E-state index contributed by atoms with van der Waals surface area (Å²) in [6.07, 6.45) is 8.24. The van der Waals surface area contributed by atoms with Crippen LogP contribution in [0.1, 0.15) is 32.1 Å². The van der Waals surface area contributed by atoms with Crippen molar-refractivity contribution in [2.45, 2.75) is 44.7 Å². The van der Waals surface area contributed by atoms with Crippen molar-refractivity contribution < 1.29 is 4.79 Å². The first-order valence-electron chi connectivity index (χ1n) is 9.28. The fraction of sp³-hybridized carbons (Fsp3) is 0.550. The number of nitrogens with zero attached hydrogens (tertiary/aromatic N) is 3. The fourth-order valence-electron chi connectivity index (χ4n) is 4.20. The van der Waals surface area contributed by atoms with E-state index in [0.717, 1.165) is 36.8 Å². The zero-order valence-corrected chi connectivity index (χ0v) is 14.3. The lowest BCUT2D eigenvalue weighted by atomic mass is 10.00. The van der Waals surface area contributed by atoms with E-state index in [4.69, 9.17) is 0 Å². The predicted octanol–water partition coefficient (Wildman–Crippen LogP) is 2.92. The van der Waals surface area contributed by atoms with Gasteiger partial charge in [-0.3, -0.25) is 4.79 Å². The van der Waals surface area contributed by atoms with Gasteiger partial charge >= 0.3 is 0 Å². The molecule has 3 heterocycles. The number of carbonyl (C=O) groups excluding carboxylic acids is 1. The number of carbonyl (C=O) groups is 1. The Hall–Kier alpha value is -1.81. The van der Waals surface area contributed by atoms with E-state index in [0.29, 0.717) is 12.6 Å². The average Bonchev–Trinajstić information content (AvgIpc) is 3.06. The van der Waals surface area contributed by atoms with E-state index in [-0.39, 0.29) is 5.91 Å². The molecule has 2 aliphatic rings. The monoisotopic (exact) mass is 324 g/mol. The van der Waals surface area contributed by atoms with Gasteiger partial charge in [0.1, 0.15) is 6.54 Å². The number of benzene rings is 1. The Bertz CT molecular complexity index is 694.